The largest absolute Gasteiger partial charge is 0.369 e. The van der Waals surface area contributed by atoms with Crippen molar-refractivity contribution in [2.75, 3.05) is 13.1 Å². The third-order valence-corrected chi connectivity index (χ3v) is 3.96. The fourth-order valence-electron chi connectivity index (χ4n) is 2.18. The number of hydrogen-bond donors (Lipinski definition) is 3. The van der Waals surface area contributed by atoms with Crippen LogP contribution in [0.1, 0.15) is 12.0 Å². The van der Waals surface area contributed by atoms with Crippen LogP contribution in [0.4, 0.5) is 0 Å². The summed E-state index contributed by atoms with van der Waals surface area (Å²) in [5.74, 6) is -2.82. The summed E-state index contributed by atoms with van der Waals surface area (Å²) in [4.78, 5) is 12.5. The van der Waals surface area contributed by atoms with Crippen molar-refractivity contribution < 1.29 is 15.0 Å². The summed E-state index contributed by atoms with van der Waals surface area (Å²) in [5, 5.41) is 20.5. The predicted molar refractivity (Wildman–Crippen MR) is 69.1 cm³/mol. The fourth-order valence-corrected chi connectivity index (χ4v) is 2.73. The van der Waals surface area contributed by atoms with Gasteiger partial charge in [0.15, 0.2) is 0 Å². The summed E-state index contributed by atoms with van der Waals surface area (Å²) in [7, 11) is 0. The molecule has 0 bridgehead atoms. The van der Waals surface area contributed by atoms with Gasteiger partial charge >= 0.3 is 0 Å². The van der Waals surface area contributed by atoms with Crippen molar-refractivity contribution in [1.29, 1.82) is 0 Å². The number of primary amides is 1. The molecule has 0 spiro atoms. The fraction of sp³-hybridized carbons (Fsp3) is 0.417. The van der Waals surface area contributed by atoms with E-state index in [1.54, 1.807) is 24.3 Å². The van der Waals surface area contributed by atoms with E-state index in [0.717, 1.165) is 0 Å². The van der Waals surface area contributed by atoms with Crippen LogP contribution in [0.5, 0.6) is 0 Å². The number of hydrogen-bond acceptors (Lipinski definition) is 4. The third-order valence-electron chi connectivity index (χ3n) is 3.27. The number of likely N-dealkylation sites (tertiary alicyclic amines) is 1. The number of carbonyl (C=O) groups excluding carboxylic acids is 1. The number of carbonyl (C=O) groups is 1. The number of rotatable bonds is 3. The van der Waals surface area contributed by atoms with Crippen LogP contribution in [0.15, 0.2) is 28.7 Å². The minimum atomic E-state index is -2.09. The molecule has 1 aromatic carbocycles. The zero-order chi connectivity index (χ0) is 13.3. The molecule has 1 fully saturated rings. The first-order valence-corrected chi connectivity index (χ1v) is 6.46. The van der Waals surface area contributed by atoms with Crippen LogP contribution in [0, 0.1) is 5.92 Å². The summed E-state index contributed by atoms with van der Waals surface area (Å²) in [6.45, 7) is 0.672. The van der Waals surface area contributed by atoms with Crippen LogP contribution in [0.25, 0.3) is 0 Å². The van der Waals surface area contributed by atoms with Crippen LogP contribution in [-0.2, 0) is 10.7 Å². The molecule has 2 rings (SSSR count). The highest BCUT2D eigenvalue weighted by molar-refractivity contribution is 9.10. The van der Waals surface area contributed by atoms with Crippen molar-refractivity contribution >= 4 is 21.8 Å². The molecule has 1 aliphatic rings. The molecule has 5 nitrogen and oxygen atoms in total. The van der Waals surface area contributed by atoms with Gasteiger partial charge in [-0.2, -0.15) is 0 Å². The minimum absolute atomic E-state index is 0.254. The van der Waals surface area contributed by atoms with E-state index in [1.165, 1.54) is 4.90 Å². The molecule has 4 N–H and O–H groups in total. The number of nitrogens with zero attached hydrogens (tertiary/aromatic N) is 1. The van der Waals surface area contributed by atoms with E-state index in [9.17, 15) is 15.0 Å². The van der Waals surface area contributed by atoms with E-state index in [-0.39, 0.29) is 12.5 Å². The summed E-state index contributed by atoms with van der Waals surface area (Å²) >= 11 is 3.28. The first-order chi connectivity index (χ1) is 8.43. The highest BCUT2D eigenvalue weighted by Crippen LogP contribution is 2.33. The van der Waals surface area contributed by atoms with Gasteiger partial charge in [0.25, 0.3) is 5.91 Å². The third kappa shape index (κ3) is 2.42. The van der Waals surface area contributed by atoms with Crippen molar-refractivity contribution in [2.24, 2.45) is 11.7 Å². The molecule has 0 aliphatic carbocycles. The number of nitrogens with two attached hydrogens (primary N) is 1. The van der Waals surface area contributed by atoms with E-state index in [0.29, 0.717) is 23.0 Å². The molecule has 1 heterocycles. The highest BCUT2D eigenvalue weighted by atomic mass is 79.9. The van der Waals surface area contributed by atoms with Crippen molar-refractivity contribution in [1.82, 2.24) is 4.90 Å². The first-order valence-electron chi connectivity index (χ1n) is 5.67. The Labute approximate surface area is 113 Å². The van der Waals surface area contributed by atoms with Gasteiger partial charge in [-0.3, -0.25) is 4.79 Å². The quantitative estimate of drug-likeness (QED) is 0.703. The second-order valence-electron chi connectivity index (χ2n) is 4.45. The van der Waals surface area contributed by atoms with Gasteiger partial charge in [-0.25, -0.2) is 4.90 Å². The Morgan fingerprint density at radius 1 is 1.44 bits per heavy atom. The summed E-state index contributed by atoms with van der Waals surface area (Å²) < 4.78 is 0.609. The SMILES string of the molecule is NC(=O)[C@H]1CCN(C(O)(O)c2ccccc2Br)C1. The zero-order valence-electron chi connectivity index (χ0n) is 9.71. The predicted octanol–water partition coefficient (Wildman–Crippen LogP) is 0.351. The Morgan fingerprint density at radius 3 is 2.67 bits per heavy atom. The lowest BCUT2D eigenvalue weighted by Gasteiger charge is -2.32. The number of halogens is 1. The molecule has 6 heteroatoms. The molecule has 0 aromatic heterocycles. The average molecular weight is 315 g/mol. The second-order valence-corrected chi connectivity index (χ2v) is 5.30. The molecule has 1 aromatic rings. The normalized spacial score (nSPS) is 21.2. The molecule has 0 radical (unpaired) electrons. The molecule has 0 unspecified atom stereocenters. The van der Waals surface area contributed by atoms with Crippen molar-refractivity contribution in [3.63, 3.8) is 0 Å². The van der Waals surface area contributed by atoms with Gasteiger partial charge in [0, 0.05) is 23.1 Å². The van der Waals surface area contributed by atoms with Gasteiger partial charge in [-0.1, -0.05) is 34.1 Å². The smallest absolute Gasteiger partial charge is 0.254 e. The number of aliphatic hydroxyl groups is 2. The summed E-state index contributed by atoms with van der Waals surface area (Å²) in [6, 6.07) is 6.88. The lowest BCUT2D eigenvalue weighted by atomic mass is 10.1. The topological polar surface area (TPSA) is 86.8 Å². The second kappa shape index (κ2) is 4.97. The van der Waals surface area contributed by atoms with Crippen molar-refractivity contribution in [3.8, 4) is 0 Å². The molecular formula is C12H15BrN2O3. The molecule has 0 saturated carbocycles. The van der Waals surface area contributed by atoms with Gasteiger partial charge in [0.05, 0.1) is 5.92 Å². The van der Waals surface area contributed by atoms with E-state index >= 15 is 0 Å². The van der Waals surface area contributed by atoms with Gasteiger partial charge in [0.1, 0.15) is 0 Å². The average Bonchev–Trinajstić information content (AvgIpc) is 2.79. The summed E-state index contributed by atoms with van der Waals surface area (Å²) in [6.07, 6.45) is 0.544. The molecular weight excluding hydrogens is 300 g/mol. The molecule has 1 saturated heterocycles. The van der Waals surface area contributed by atoms with E-state index < -0.39 is 11.8 Å². The van der Waals surface area contributed by atoms with Gasteiger partial charge < -0.3 is 15.9 Å². The van der Waals surface area contributed by atoms with Crippen molar-refractivity contribution in [2.45, 2.75) is 12.3 Å². The van der Waals surface area contributed by atoms with E-state index in [4.69, 9.17) is 5.73 Å². The van der Waals surface area contributed by atoms with Crippen LogP contribution in [0.3, 0.4) is 0 Å². The monoisotopic (exact) mass is 314 g/mol. The van der Waals surface area contributed by atoms with E-state index in [1.807, 2.05) is 0 Å². The zero-order valence-corrected chi connectivity index (χ0v) is 11.3. The standard InChI is InChI=1S/C12H15BrN2O3/c13-10-4-2-1-3-9(10)12(17,18)15-6-5-8(7-15)11(14)16/h1-4,8,17-18H,5-7H2,(H2,14,16)/t8-/m0/s1. The Morgan fingerprint density at radius 2 is 2.11 bits per heavy atom. The molecule has 1 atom stereocenters. The van der Waals surface area contributed by atoms with Crippen LogP contribution >= 0.6 is 15.9 Å². The lowest BCUT2D eigenvalue weighted by molar-refractivity contribution is -0.270. The maximum atomic E-state index is 11.1. The highest BCUT2D eigenvalue weighted by Gasteiger charge is 2.41. The van der Waals surface area contributed by atoms with Crippen LogP contribution in [0.2, 0.25) is 0 Å². The van der Waals surface area contributed by atoms with Crippen molar-refractivity contribution in [3.05, 3.63) is 34.3 Å². The Balaban J connectivity index is 2.22. The molecule has 1 aliphatic heterocycles. The molecule has 1 amide bonds. The maximum Gasteiger partial charge on any atom is 0.254 e. The molecule has 18 heavy (non-hydrogen) atoms. The van der Waals surface area contributed by atoms with Crippen LogP contribution < -0.4 is 5.73 Å². The van der Waals surface area contributed by atoms with E-state index in [2.05, 4.69) is 15.9 Å². The Kier molecular flexibility index (Phi) is 3.72. The van der Waals surface area contributed by atoms with Gasteiger partial charge in [0.2, 0.25) is 5.91 Å². The van der Waals surface area contributed by atoms with Gasteiger partial charge in [-0.15, -0.1) is 0 Å². The Hall–Kier alpha value is -0.950. The number of amides is 1. The Bertz CT molecular complexity index is 464. The molecule has 98 valence electrons. The number of benzene rings is 1. The maximum absolute atomic E-state index is 11.1. The lowest BCUT2D eigenvalue weighted by Crippen LogP contribution is -2.45. The van der Waals surface area contributed by atoms with Gasteiger partial charge in [-0.05, 0) is 12.5 Å². The van der Waals surface area contributed by atoms with Crippen LogP contribution in [-0.4, -0.2) is 34.1 Å². The first kappa shape index (κ1) is 13.5. The summed E-state index contributed by atoms with van der Waals surface area (Å²) in [5.41, 5.74) is 5.59. The minimum Gasteiger partial charge on any atom is -0.369 e.